The second-order valence-corrected chi connectivity index (χ2v) is 6.95. The molecule has 23 heavy (non-hydrogen) atoms. The van der Waals surface area contributed by atoms with Crippen LogP contribution >= 0.6 is 0 Å². The van der Waals surface area contributed by atoms with E-state index in [0.29, 0.717) is 23.4 Å². The zero-order valence-electron chi connectivity index (χ0n) is 13.6. The summed E-state index contributed by atoms with van der Waals surface area (Å²) in [5.74, 6) is 1.52. The quantitative estimate of drug-likeness (QED) is 0.853. The molecule has 0 aromatic carbocycles. The van der Waals surface area contributed by atoms with Gasteiger partial charge in [-0.1, -0.05) is 0 Å². The fraction of sp³-hybridized carbons (Fsp3) is 0.500. The Kier molecular flexibility index (Phi) is 3.43. The Morgan fingerprint density at radius 1 is 1.17 bits per heavy atom. The first kappa shape index (κ1) is 14.4. The van der Waals surface area contributed by atoms with Crippen molar-refractivity contribution in [2.75, 3.05) is 7.05 Å². The molecule has 0 radical (unpaired) electrons. The van der Waals surface area contributed by atoms with Crippen molar-refractivity contribution in [1.29, 1.82) is 0 Å². The summed E-state index contributed by atoms with van der Waals surface area (Å²) in [4.78, 5) is 19.1. The lowest BCUT2D eigenvalue weighted by atomic mass is 10.0. The van der Waals surface area contributed by atoms with E-state index in [1.165, 1.54) is 25.7 Å². The van der Waals surface area contributed by atoms with E-state index in [-0.39, 0.29) is 5.91 Å². The summed E-state index contributed by atoms with van der Waals surface area (Å²) in [5, 5.41) is 4.19. The molecule has 2 heterocycles. The van der Waals surface area contributed by atoms with Crippen molar-refractivity contribution >= 4 is 5.91 Å². The normalized spacial score (nSPS) is 17.5. The van der Waals surface area contributed by atoms with Crippen molar-refractivity contribution in [1.82, 2.24) is 19.7 Å². The van der Waals surface area contributed by atoms with Crippen LogP contribution in [0.15, 0.2) is 30.9 Å². The van der Waals surface area contributed by atoms with E-state index in [9.17, 15) is 4.79 Å². The Labute approximate surface area is 136 Å². The molecule has 5 heteroatoms. The number of pyridine rings is 1. The van der Waals surface area contributed by atoms with Crippen LogP contribution in [0.25, 0.3) is 11.1 Å². The van der Waals surface area contributed by atoms with Crippen LogP contribution in [-0.2, 0) is 7.05 Å². The average molecular weight is 310 g/mol. The Hall–Kier alpha value is -2.17. The summed E-state index contributed by atoms with van der Waals surface area (Å²) in [6.07, 6.45) is 12.3. The van der Waals surface area contributed by atoms with Gasteiger partial charge >= 0.3 is 0 Å². The summed E-state index contributed by atoms with van der Waals surface area (Å²) in [5.41, 5.74) is 2.59. The largest absolute Gasteiger partial charge is 0.338 e. The highest BCUT2D eigenvalue weighted by molar-refractivity contribution is 5.95. The molecule has 0 saturated heterocycles. The molecule has 2 aromatic rings. The maximum absolute atomic E-state index is 12.9. The molecule has 0 aliphatic heterocycles. The van der Waals surface area contributed by atoms with Crippen molar-refractivity contribution in [2.24, 2.45) is 18.9 Å². The SMILES string of the molecule is CN(C(=O)c1cncc(-c2cnn(C)c2)c1)C(C1CC1)C1CC1. The number of nitrogens with zero attached hydrogens (tertiary/aromatic N) is 4. The van der Waals surface area contributed by atoms with E-state index in [4.69, 9.17) is 0 Å². The van der Waals surface area contributed by atoms with Gasteiger partial charge in [-0.25, -0.2) is 0 Å². The summed E-state index contributed by atoms with van der Waals surface area (Å²) >= 11 is 0. The van der Waals surface area contributed by atoms with Crippen molar-refractivity contribution in [3.05, 3.63) is 36.4 Å². The van der Waals surface area contributed by atoms with Gasteiger partial charge in [0.25, 0.3) is 5.91 Å². The van der Waals surface area contributed by atoms with Gasteiger partial charge in [0.2, 0.25) is 0 Å². The highest BCUT2D eigenvalue weighted by Gasteiger charge is 2.45. The second-order valence-electron chi connectivity index (χ2n) is 6.95. The predicted molar refractivity (Wildman–Crippen MR) is 87.8 cm³/mol. The van der Waals surface area contributed by atoms with E-state index in [1.54, 1.807) is 23.3 Å². The monoisotopic (exact) mass is 310 g/mol. The van der Waals surface area contributed by atoms with Crippen molar-refractivity contribution in [3.8, 4) is 11.1 Å². The van der Waals surface area contributed by atoms with E-state index >= 15 is 0 Å². The van der Waals surface area contributed by atoms with Gasteiger partial charge in [-0.2, -0.15) is 5.10 Å². The van der Waals surface area contributed by atoms with Crippen LogP contribution < -0.4 is 0 Å². The Morgan fingerprint density at radius 3 is 2.43 bits per heavy atom. The topological polar surface area (TPSA) is 51.0 Å². The van der Waals surface area contributed by atoms with Crippen molar-refractivity contribution in [3.63, 3.8) is 0 Å². The zero-order chi connectivity index (χ0) is 16.0. The number of hydrogen-bond donors (Lipinski definition) is 0. The Bertz CT molecular complexity index is 718. The van der Waals surface area contributed by atoms with Crippen LogP contribution in [0.2, 0.25) is 0 Å². The molecule has 0 N–H and O–H groups in total. The molecule has 5 nitrogen and oxygen atoms in total. The van der Waals surface area contributed by atoms with Crippen LogP contribution in [0.3, 0.4) is 0 Å². The highest BCUT2D eigenvalue weighted by Crippen LogP contribution is 2.47. The van der Waals surface area contributed by atoms with Gasteiger partial charge in [-0.3, -0.25) is 14.5 Å². The van der Waals surface area contributed by atoms with Crippen molar-refractivity contribution in [2.45, 2.75) is 31.7 Å². The van der Waals surface area contributed by atoms with Crippen LogP contribution in [0.5, 0.6) is 0 Å². The van der Waals surface area contributed by atoms with Crippen LogP contribution in [0.4, 0.5) is 0 Å². The first-order chi connectivity index (χ1) is 11.1. The fourth-order valence-corrected chi connectivity index (χ4v) is 3.52. The third kappa shape index (κ3) is 2.87. The van der Waals surface area contributed by atoms with Gasteiger partial charge in [-0.05, 0) is 43.6 Å². The first-order valence-corrected chi connectivity index (χ1v) is 8.34. The average Bonchev–Trinajstić information content (AvgIpc) is 3.49. The van der Waals surface area contributed by atoms with E-state index < -0.39 is 0 Å². The van der Waals surface area contributed by atoms with Crippen LogP contribution in [0.1, 0.15) is 36.0 Å². The maximum atomic E-state index is 12.9. The Morgan fingerprint density at radius 2 is 1.87 bits per heavy atom. The predicted octanol–water partition coefficient (Wildman–Crippen LogP) is 2.74. The number of amides is 1. The lowest BCUT2D eigenvalue weighted by molar-refractivity contribution is 0.0689. The van der Waals surface area contributed by atoms with Gasteiger partial charge in [-0.15, -0.1) is 0 Å². The number of carbonyl (C=O) groups excluding carboxylic acids is 1. The van der Waals surface area contributed by atoms with E-state index in [2.05, 4.69) is 10.1 Å². The number of rotatable bonds is 5. The molecule has 4 rings (SSSR count). The summed E-state index contributed by atoms with van der Waals surface area (Å²) in [6.45, 7) is 0. The van der Waals surface area contributed by atoms with Crippen LogP contribution in [-0.4, -0.2) is 38.7 Å². The summed E-state index contributed by atoms with van der Waals surface area (Å²) in [6, 6.07) is 2.35. The van der Waals surface area contributed by atoms with Gasteiger partial charge in [0.05, 0.1) is 11.8 Å². The third-order valence-electron chi connectivity index (χ3n) is 5.00. The number of aryl methyl sites for hydroxylation is 1. The molecule has 2 aromatic heterocycles. The lowest BCUT2D eigenvalue weighted by Crippen LogP contribution is -2.40. The minimum absolute atomic E-state index is 0.0899. The number of carbonyl (C=O) groups is 1. The van der Waals surface area contributed by atoms with Crippen LogP contribution in [0, 0.1) is 11.8 Å². The maximum Gasteiger partial charge on any atom is 0.255 e. The minimum atomic E-state index is 0.0899. The summed E-state index contributed by atoms with van der Waals surface area (Å²) in [7, 11) is 3.84. The van der Waals surface area contributed by atoms with Gasteiger partial charge < -0.3 is 4.90 Å². The van der Waals surface area contributed by atoms with Gasteiger partial charge in [0.1, 0.15) is 0 Å². The molecule has 2 fully saturated rings. The standard InChI is InChI=1S/C18H22N4O/c1-21-11-16(10-20-21)14-7-15(9-19-8-14)18(23)22(2)17(12-3-4-12)13-5-6-13/h7-13,17H,3-6H2,1-2H3. The summed E-state index contributed by atoms with van der Waals surface area (Å²) < 4.78 is 1.76. The molecule has 2 aliphatic carbocycles. The number of hydrogen-bond acceptors (Lipinski definition) is 3. The van der Waals surface area contributed by atoms with Gasteiger partial charge in [0.15, 0.2) is 0 Å². The zero-order valence-corrected chi connectivity index (χ0v) is 13.6. The molecule has 0 bridgehead atoms. The number of aromatic nitrogens is 3. The molecule has 2 aliphatic rings. The second kappa shape index (κ2) is 5.48. The molecular formula is C18H22N4O. The van der Waals surface area contributed by atoms with E-state index in [1.807, 2.05) is 31.3 Å². The molecule has 1 amide bonds. The first-order valence-electron chi connectivity index (χ1n) is 8.34. The highest BCUT2D eigenvalue weighted by atomic mass is 16.2. The third-order valence-corrected chi connectivity index (χ3v) is 5.00. The fourth-order valence-electron chi connectivity index (χ4n) is 3.52. The molecule has 120 valence electrons. The molecule has 2 saturated carbocycles. The lowest BCUT2D eigenvalue weighted by Gasteiger charge is -2.28. The molecular weight excluding hydrogens is 288 g/mol. The van der Waals surface area contributed by atoms with E-state index in [0.717, 1.165) is 11.1 Å². The molecule has 0 unspecified atom stereocenters. The van der Waals surface area contributed by atoms with Crippen molar-refractivity contribution < 1.29 is 4.79 Å². The minimum Gasteiger partial charge on any atom is -0.338 e. The molecule has 0 atom stereocenters. The smallest absolute Gasteiger partial charge is 0.255 e. The van der Waals surface area contributed by atoms with Gasteiger partial charge in [0, 0.05) is 49.9 Å². The Balaban J connectivity index is 1.58. The molecule has 0 spiro atoms.